The molecule has 0 aliphatic heterocycles. The number of aromatic nitrogens is 2. The third-order valence-corrected chi connectivity index (χ3v) is 4.68. The monoisotopic (exact) mass is 346 g/mol. The third kappa shape index (κ3) is 4.22. The number of terminal acetylenes is 1. The highest BCUT2D eigenvalue weighted by molar-refractivity contribution is 7.89. The number of aryl methyl sites for hydroxylation is 1. The zero-order chi connectivity index (χ0) is 17.7. The largest absolute Gasteiger partial charge is 0.337 e. The molecule has 0 radical (unpaired) electrons. The van der Waals surface area contributed by atoms with Crippen molar-refractivity contribution in [1.29, 1.82) is 0 Å². The molecule has 0 spiro atoms. The van der Waals surface area contributed by atoms with E-state index in [1.165, 1.54) is 23.1 Å². The average Bonchev–Trinajstić information content (AvgIpc) is 2.97. The highest BCUT2D eigenvalue weighted by Gasteiger charge is 2.18. The molecule has 1 aromatic carbocycles. The van der Waals surface area contributed by atoms with Crippen LogP contribution in [0.15, 0.2) is 41.6 Å². The van der Waals surface area contributed by atoms with E-state index in [1.54, 1.807) is 31.0 Å². The Hall–Kier alpha value is -2.63. The smallest absolute Gasteiger partial charge is 0.253 e. The van der Waals surface area contributed by atoms with Crippen molar-refractivity contribution in [3.8, 4) is 12.3 Å². The van der Waals surface area contributed by atoms with Crippen LogP contribution < -0.4 is 4.72 Å². The predicted octanol–water partition coefficient (Wildman–Crippen LogP) is 0.604. The number of rotatable bonds is 6. The lowest BCUT2D eigenvalue weighted by molar-refractivity contribution is 0.0785. The van der Waals surface area contributed by atoms with Crippen LogP contribution >= 0.6 is 0 Å². The summed E-state index contributed by atoms with van der Waals surface area (Å²) in [6.07, 6.45) is 8.55. The van der Waals surface area contributed by atoms with E-state index in [0.717, 1.165) is 5.56 Å². The van der Waals surface area contributed by atoms with Crippen LogP contribution in [0.2, 0.25) is 0 Å². The molecule has 1 N–H and O–H groups in total. The lowest BCUT2D eigenvalue weighted by Gasteiger charge is -2.16. The van der Waals surface area contributed by atoms with Crippen LogP contribution in [0, 0.1) is 12.3 Å². The second-order valence-electron chi connectivity index (χ2n) is 5.24. The number of sulfonamides is 1. The number of benzene rings is 1. The Morgan fingerprint density at radius 3 is 2.83 bits per heavy atom. The van der Waals surface area contributed by atoms with Gasteiger partial charge in [0.1, 0.15) is 0 Å². The molecule has 0 atom stereocenters. The number of hydrogen-bond donors (Lipinski definition) is 1. The van der Waals surface area contributed by atoms with Crippen molar-refractivity contribution >= 4 is 15.9 Å². The Morgan fingerprint density at radius 1 is 1.46 bits per heavy atom. The van der Waals surface area contributed by atoms with E-state index >= 15 is 0 Å². The third-order valence-electron chi connectivity index (χ3n) is 3.28. The van der Waals surface area contributed by atoms with E-state index in [-0.39, 0.29) is 22.9 Å². The molecule has 7 nitrogen and oxygen atoms in total. The van der Waals surface area contributed by atoms with E-state index in [9.17, 15) is 13.2 Å². The molecule has 0 aliphatic rings. The summed E-state index contributed by atoms with van der Waals surface area (Å²) in [4.78, 5) is 14.0. The Morgan fingerprint density at radius 2 is 2.21 bits per heavy atom. The predicted molar refractivity (Wildman–Crippen MR) is 89.5 cm³/mol. The number of nitrogens with zero attached hydrogens (tertiary/aromatic N) is 3. The Balaban J connectivity index is 2.18. The van der Waals surface area contributed by atoms with E-state index < -0.39 is 10.0 Å². The molecule has 24 heavy (non-hydrogen) atoms. The fourth-order valence-corrected chi connectivity index (χ4v) is 3.12. The SMILES string of the molecule is C#CCNS(=O)(=O)c1cccc(C(=O)N(C)Cc2cnn(C)c2)c1. The molecule has 2 aromatic rings. The van der Waals surface area contributed by atoms with Gasteiger partial charge in [-0.15, -0.1) is 6.42 Å². The minimum absolute atomic E-state index is 0.00150. The minimum Gasteiger partial charge on any atom is -0.337 e. The molecule has 0 fully saturated rings. The summed E-state index contributed by atoms with van der Waals surface area (Å²) in [6.45, 7) is 0.264. The average molecular weight is 346 g/mol. The van der Waals surface area contributed by atoms with Crippen molar-refractivity contribution in [3.05, 3.63) is 47.8 Å². The maximum absolute atomic E-state index is 12.5. The van der Waals surface area contributed by atoms with Crippen LogP contribution in [0.4, 0.5) is 0 Å². The Labute approximate surface area is 141 Å². The molecule has 0 unspecified atom stereocenters. The van der Waals surface area contributed by atoms with Gasteiger partial charge in [-0.1, -0.05) is 12.0 Å². The van der Waals surface area contributed by atoms with Gasteiger partial charge in [-0.05, 0) is 18.2 Å². The van der Waals surface area contributed by atoms with Crippen molar-refractivity contribution in [3.63, 3.8) is 0 Å². The lowest BCUT2D eigenvalue weighted by Crippen LogP contribution is -2.27. The quantitative estimate of drug-likeness (QED) is 0.777. The first-order chi connectivity index (χ1) is 11.3. The number of amides is 1. The number of carbonyl (C=O) groups is 1. The summed E-state index contributed by atoms with van der Waals surface area (Å²) in [5.74, 6) is 1.92. The van der Waals surface area contributed by atoms with Gasteiger partial charge in [0.2, 0.25) is 10.0 Å². The van der Waals surface area contributed by atoms with E-state index in [0.29, 0.717) is 6.54 Å². The maximum Gasteiger partial charge on any atom is 0.253 e. The van der Waals surface area contributed by atoms with Gasteiger partial charge in [0.25, 0.3) is 5.91 Å². The second-order valence-corrected chi connectivity index (χ2v) is 7.01. The summed E-state index contributed by atoms with van der Waals surface area (Å²) in [6, 6.07) is 5.84. The van der Waals surface area contributed by atoms with Gasteiger partial charge in [0.05, 0.1) is 17.6 Å². The lowest BCUT2D eigenvalue weighted by atomic mass is 10.2. The number of hydrogen-bond acceptors (Lipinski definition) is 4. The molecule has 8 heteroatoms. The molecule has 2 rings (SSSR count). The van der Waals surface area contributed by atoms with E-state index in [4.69, 9.17) is 6.42 Å². The molecule has 0 bridgehead atoms. The molecule has 1 amide bonds. The summed E-state index contributed by atoms with van der Waals surface area (Å²) in [5.41, 5.74) is 1.16. The molecule has 0 aliphatic carbocycles. The summed E-state index contributed by atoms with van der Waals surface area (Å²) >= 11 is 0. The Bertz CT molecular complexity index is 881. The van der Waals surface area contributed by atoms with Crippen molar-refractivity contribution < 1.29 is 13.2 Å². The summed E-state index contributed by atoms with van der Waals surface area (Å²) < 4.78 is 28.1. The van der Waals surface area contributed by atoms with E-state index in [2.05, 4.69) is 15.7 Å². The first-order valence-corrected chi connectivity index (χ1v) is 8.58. The number of carbonyl (C=O) groups excluding carboxylic acids is 1. The first kappa shape index (κ1) is 17.7. The minimum atomic E-state index is -3.74. The van der Waals surface area contributed by atoms with Crippen molar-refractivity contribution in [2.24, 2.45) is 7.05 Å². The number of nitrogens with one attached hydrogen (secondary N) is 1. The van der Waals surface area contributed by atoms with Gasteiger partial charge in [-0.25, -0.2) is 8.42 Å². The standard InChI is InChI=1S/C16H18N4O3S/c1-4-8-18-24(22,23)15-7-5-6-14(9-15)16(21)19(2)11-13-10-17-20(3)12-13/h1,5-7,9-10,12,18H,8,11H2,2-3H3. The van der Waals surface area contributed by atoms with Gasteiger partial charge < -0.3 is 4.90 Å². The zero-order valence-corrected chi connectivity index (χ0v) is 14.2. The fourth-order valence-electron chi connectivity index (χ4n) is 2.14. The molecular formula is C16H18N4O3S. The maximum atomic E-state index is 12.5. The highest BCUT2D eigenvalue weighted by atomic mass is 32.2. The van der Waals surface area contributed by atoms with Crippen LogP contribution in [-0.2, 0) is 23.6 Å². The van der Waals surface area contributed by atoms with Gasteiger partial charge in [0, 0.05) is 38.0 Å². The molecule has 0 saturated carbocycles. The highest BCUT2D eigenvalue weighted by Crippen LogP contribution is 2.14. The molecular weight excluding hydrogens is 328 g/mol. The Kier molecular flexibility index (Phi) is 5.39. The van der Waals surface area contributed by atoms with Crippen molar-refractivity contribution in [2.75, 3.05) is 13.6 Å². The van der Waals surface area contributed by atoms with Crippen LogP contribution in [0.5, 0.6) is 0 Å². The van der Waals surface area contributed by atoms with Gasteiger partial charge in [0.15, 0.2) is 0 Å². The molecule has 1 heterocycles. The van der Waals surface area contributed by atoms with Crippen LogP contribution in [0.25, 0.3) is 0 Å². The van der Waals surface area contributed by atoms with Crippen LogP contribution in [-0.4, -0.2) is 42.6 Å². The van der Waals surface area contributed by atoms with Gasteiger partial charge in [-0.3, -0.25) is 9.48 Å². The van der Waals surface area contributed by atoms with Crippen LogP contribution in [0.3, 0.4) is 0 Å². The fraction of sp³-hybridized carbons (Fsp3) is 0.250. The topological polar surface area (TPSA) is 84.3 Å². The molecule has 1 aromatic heterocycles. The second kappa shape index (κ2) is 7.29. The van der Waals surface area contributed by atoms with Crippen molar-refractivity contribution in [2.45, 2.75) is 11.4 Å². The van der Waals surface area contributed by atoms with E-state index in [1.807, 2.05) is 6.20 Å². The van der Waals surface area contributed by atoms with Gasteiger partial charge in [-0.2, -0.15) is 9.82 Å². The summed E-state index contributed by atoms with van der Waals surface area (Å²) in [7, 11) is -0.296. The van der Waals surface area contributed by atoms with Crippen molar-refractivity contribution in [1.82, 2.24) is 19.4 Å². The van der Waals surface area contributed by atoms with Crippen LogP contribution in [0.1, 0.15) is 15.9 Å². The summed E-state index contributed by atoms with van der Waals surface area (Å²) in [5, 5.41) is 4.05. The van der Waals surface area contributed by atoms with Gasteiger partial charge >= 0.3 is 0 Å². The molecule has 0 saturated heterocycles. The normalized spacial score (nSPS) is 11.0. The zero-order valence-electron chi connectivity index (χ0n) is 13.4. The molecule has 126 valence electrons. The first-order valence-electron chi connectivity index (χ1n) is 7.09.